The first kappa shape index (κ1) is 19.0. The highest BCUT2D eigenvalue weighted by atomic mass is 16.5. The molecule has 1 aromatic carbocycles. The molecule has 0 N–H and O–H groups in total. The van der Waals surface area contributed by atoms with Crippen LogP contribution in [0.2, 0.25) is 0 Å². The highest BCUT2D eigenvalue weighted by Crippen LogP contribution is 2.27. The number of ketones is 1. The zero-order chi connectivity index (χ0) is 17.4. The van der Waals surface area contributed by atoms with E-state index in [1.54, 1.807) is 6.07 Å². The van der Waals surface area contributed by atoms with Crippen LogP contribution < -0.4 is 4.74 Å². The molecule has 0 saturated heterocycles. The first-order valence-electron chi connectivity index (χ1n) is 8.24. The summed E-state index contributed by atoms with van der Waals surface area (Å²) >= 11 is 0. The van der Waals surface area contributed by atoms with Gasteiger partial charge in [0.2, 0.25) is 0 Å². The quantitative estimate of drug-likeness (QED) is 0.366. The number of Topliss-reactive ketones (excluding diaryl/α,β-unsaturated/α-hetero) is 1. The predicted molar refractivity (Wildman–Crippen MR) is 94.4 cm³/mol. The number of hydrogen-bond acceptors (Lipinski definition) is 3. The predicted octanol–water partition coefficient (Wildman–Crippen LogP) is 5.00. The summed E-state index contributed by atoms with van der Waals surface area (Å²) in [6, 6.07) is 5.42. The minimum Gasteiger partial charge on any atom is -0.493 e. The second-order valence-corrected chi connectivity index (χ2v) is 6.44. The van der Waals surface area contributed by atoms with E-state index < -0.39 is 5.78 Å². The lowest BCUT2D eigenvalue weighted by Gasteiger charge is -2.13. The Morgan fingerprint density at radius 2 is 1.91 bits per heavy atom. The van der Waals surface area contributed by atoms with Crippen molar-refractivity contribution in [1.29, 1.82) is 5.26 Å². The highest BCUT2D eigenvalue weighted by molar-refractivity contribution is 6.27. The third-order valence-electron chi connectivity index (χ3n) is 3.91. The monoisotopic (exact) mass is 313 g/mol. The van der Waals surface area contributed by atoms with E-state index in [1.165, 1.54) is 19.3 Å². The Bertz CT molecular complexity index is 609. The lowest BCUT2D eigenvalue weighted by molar-refractivity contribution is -0.109. The number of nitrogens with zero attached hydrogens (tertiary/aromatic N) is 1. The average Bonchev–Trinajstić information content (AvgIpc) is 2.51. The Balaban J connectivity index is 2.62. The SMILES string of the molecule is C=C(C(=O)C#N)c1cc(C)c(OCCCCCC(C)C)cc1C. The molecule has 0 aliphatic heterocycles. The van der Waals surface area contributed by atoms with Gasteiger partial charge in [0.1, 0.15) is 11.8 Å². The zero-order valence-electron chi connectivity index (χ0n) is 14.7. The van der Waals surface area contributed by atoms with Gasteiger partial charge in [0.25, 0.3) is 5.78 Å². The number of ether oxygens (including phenoxy) is 1. The van der Waals surface area contributed by atoms with Crippen LogP contribution in [-0.4, -0.2) is 12.4 Å². The Morgan fingerprint density at radius 1 is 1.22 bits per heavy atom. The van der Waals surface area contributed by atoms with Crippen LogP contribution in [0.4, 0.5) is 0 Å². The van der Waals surface area contributed by atoms with Crippen molar-refractivity contribution in [3.05, 3.63) is 35.4 Å². The smallest absolute Gasteiger partial charge is 0.262 e. The number of benzene rings is 1. The second-order valence-electron chi connectivity index (χ2n) is 6.44. The van der Waals surface area contributed by atoms with Crippen molar-refractivity contribution in [1.82, 2.24) is 0 Å². The first-order chi connectivity index (χ1) is 10.9. The Morgan fingerprint density at radius 3 is 2.52 bits per heavy atom. The molecule has 1 rings (SSSR count). The van der Waals surface area contributed by atoms with E-state index >= 15 is 0 Å². The molecule has 1 aromatic rings. The second kappa shape index (κ2) is 9.15. The molecule has 0 atom stereocenters. The van der Waals surface area contributed by atoms with Crippen LogP contribution in [0.1, 0.15) is 56.2 Å². The maximum absolute atomic E-state index is 11.5. The van der Waals surface area contributed by atoms with Crippen LogP contribution in [0.5, 0.6) is 5.75 Å². The number of allylic oxidation sites excluding steroid dienone is 1. The van der Waals surface area contributed by atoms with E-state index in [1.807, 2.05) is 26.0 Å². The summed E-state index contributed by atoms with van der Waals surface area (Å²) in [5.74, 6) is 1.01. The topological polar surface area (TPSA) is 50.1 Å². The lowest BCUT2D eigenvalue weighted by atomic mass is 9.96. The molecule has 124 valence electrons. The van der Waals surface area contributed by atoms with Crippen LogP contribution in [0.15, 0.2) is 18.7 Å². The number of nitriles is 1. The molecular formula is C20H27NO2. The zero-order valence-corrected chi connectivity index (χ0v) is 14.7. The fraction of sp³-hybridized carbons (Fsp3) is 0.500. The van der Waals surface area contributed by atoms with Gasteiger partial charge in [-0.05, 0) is 55.0 Å². The van der Waals surface area contributed by atoms with Crippen LogP contribution >= 0.6 is 0 Å². The fourth-order valence-corrected chi connectivity index (χ4v) is 2.47. The largest absolute Gasteiger partial charge is 0.493 e. The minimum atomic E-state index is -0.591. The van der Waals surface area contributed by atoms with E-state index in [2.05, 4.69) is 20.4 Å². The Hall–Kier alpha value is -2.08. The van der Waals surface area contributed by atoms with Crippen LogP contribution in [-0.2, 0) is 4.79 Å². The highest BCUT2D eigenvalue weighted by Gasteiger charge is 2.13. The van der Waals surface area contributed by atoms with E-state index in [9.17, 15) is 4.79 Å². The minimum absolute atomic E-state index is 0.244. The number of carbonyl (C=O) groups excluding carboxylic acids is 1. The number of unbranched alkanes of at least 4 members (excludes halogenated alkanes) is 2. The molecule has 3 heteroatoms. The summed E-state index contributed by atoms with van der Waals surface area (Å²) in [5.41, 5.74) is 2.82. The van der Waals surface area contributed by atoms with Gasteiger partial charge < -0.3 is 4.74 Å². The molecule has 0 aliphatic carbocycles. The summed E-state index contributed by atoms with van der Waals surface area (Å²) in [6.45, 7) is 12.8. The molecule has 0 heterocycles. The molecule has 0 aromatic heterocycles. The van der Waals surface area contributed by atoms with Gasteiger partial charge in [-0.15, -0.1) is 0 Å². The fourth-order valence-electron chi connectivity index (χ4n) is 2.47. The van der Waals surface area contributed by atoms with Gasteiger partial charge in [0.15, 0.2) is 0 Å². The molecule has 0 fully saturated rings. The van der Waals surface area contributed by atoms with Gasteiger partial charge in [-0.2, -0.15) is 5.26 Å². The summed E-state index contributed by atoms with van der Waals surface area (Å²) in [7, 11) is 0. The average molecular weight is 313 g/mol. The van der Waals surface area contributed by atoms with Gasteiger partial charge in [0.05, 0.1) is 6.61 Å². The van der Waals surface area contributed by atoms with Crippen LogP contribution in [0.3, 0.4) is 0 Å². The summed E-state index contributed by atoms with van der Waals surface area (Å²) in [6.07, 6.45) is 4.74. The third-order valence-corrected chi connectivity index (χ3v) is 3.91. The molecular weight excluding hydrogens is 286 g/mol. The standard InChI is InChI=1S/C20H27NO2/c1-14(2)9-7-6-8-10-23-20-12-15(3)18(11-16(20)4)17(5)19(22)13-21/h11-12,14H,5-10H2,1-4H3. The van der Waals surface area contributed by atoms with Gasteiger partial charge >= 0.3 is 0 Å². The molecule has 0 saturated carbocycles. The maximum Gasteiger partial charge on any atom is 0.262 e. The van der Waals surface area contributed by atoms with Crippen molar-refractivity contribution in [3.63, 3.8) is 0 Å². The van der Waals surface area contributed by atoms with Crippen LogP contribution in [0, 0.1) is 31.1 Å². The van der Waals surface area contributed by atoms with Gasteiger partial charge in [-0.25, -0.2) is 0 Å². The van der Waals surface area contributed by atoms with Gasteiger partial charge in [0, 0.05) is 5.57 Å². The van der Waals surface area contributed by atoms with E-state index in [0.29, 0.717) is 6.61 Å². The van der Waals surface area contributed by atoms with E-state index in [0.717, 1.165) is 34.8 Å². The van der Waals surface area contributed by atoms with Gasteiger partial charge in [-0.1, -0.05) is 39.7 Å². The molecule has 0 amide bonds. The number of rotatable bonds is 9. The van der Waals surface area contributed by atoms with Crippen LogP contribution in [0.25, 0.3) is 5.57 Å². The normalized spacial score (nSPS) is 10.4. The number of carbonyl (C=O) groups is 1. The summed E-state index contributed by atoms with van der Waals surface area (Å²) in [4.78, 5) is 11.5. The first-order valence-corrected chi connectivity index (χ1v) is 8.24. The van der Waals surface area contributed by atoms with Crippen molar-refractivity contribution in [2.45, 2.75) is 53.4 Å². The van der Waals surface area contributed by atoms with Crippen molar-refractivity contribution < 1.29 is 9.53 Å². The van der Waals surface area contributed by atoms with E-state index in [-0.39, 0.29) is 5.57 Å². The lowest BCUT2D eigenvalue weighted by Crippen LogP contribution is -2.03. The Kier molecular flexibility index (Phi) is 7.54. The molecule has 0 unspecified atom stereocenters. The third kappa shape index (κ3) is 5.90. The maximum atomic E-state index is 11.5. The number of aryl methyl sites for hydroxylation is 2. The van der Waals surface area contributed by atoms with Crippen molar-refractivity contribution in [2.24, 2.45) is 5.92 Å². The van der Waals surface area contributed by atoms with E-state index in [4.69, 9.17) is 10.00 Å². The number of hydrogen-bond donors (Lipinski definition) is 0. The molecule has 0 spiro atoms. The summed E-state index contributed by atoms with van der Waals surface area (Å²) in [5, 5.41) is 8.72. The van der Waals surface area contributed by atoms with Crippen molar-refractivity contribution in [3.8, 4) is 11.8 Å². The molecule has 23 heavy (non-hydrogen) atoms. The molecule has 0 bridgehead atoms. The van der Waals surface area contributed by atoms with Crippen molar-refractivity contribution >= 4 is 11.4 Å². The summed E-state index contributed by atoms with van der Waals surface area (Å²) < 4.78 is 5.87. The molecule has 3 nitrogen and oxygen atoms in total. The Labute approximate surface area is 140 Å². The van der Waals surface area contributed by atoms with Crippen molar-refractivity contribution in [2.75, 3.05) is 6.61 Å². The molecule has 0 radical (unpaired) electrons. The van der Waals surface area contributed by atoms with Gasteiger partial charge in [-0.3, -0.25) is 4.79 Å². The molecule has 0 aliphatic rings.